The Morgan fingerprint density at radius 1 is 1.59 bits per heavy atom. The first-order chi connectivity index (χ1) is 7.82. The lowest BCUT2D eigenvalue weighted by Crippen LogP contribution is -2.09. The number of rotatable bonds is 4. The average molecular weight is 250 g/mol. The number of hydrogen-bond acceptors (Lipinski definition) is 4. The number of nitro groups is 1. The Morgan fingerprint density at radius 2 is 2.18 bits per heavy atom. The predicted molar refractivity (Wildman–Crippen MR) is 47.1 cm³/mol. The van der Waals surface area contributed by atoms with Gasteiger partial charge >= 0.3 is 11.7 Å². The van der Waals surface area contributed by atoms with Gasteiger partial charge in [-0.3, -0.25) is 14.9 Å². The van der Waals surface area contributed by atoms with Crippen molar-refractivity contribution in [3.8, 4) is 0 Å². The molecule has 0 amide bonds. The molecule has 0 radical (unpaired) electrons. The molecule has 0 unspecified atom stereocenters. The van der Waals surface area contributed by atoms with Gasteiger partial charge in [-0.1, -0.05) is 0 Å². The summed E-state index contributed by atoms with van der Waals surface area (Å²) in [5.74, 6) is -3.22. The van der Waals surface area contributed by atoms with Crippen molar-refractivity contribution < 1.29 is 28.0 Å². The van der Waals surface area contributed by atoms with Gasteiger partial charge in [0.2, 0.25) is 0 Å². The van der Waals surface area contributed by atoms with Crippen molar-refractivity contribution in [3.63, 3.8) is 0 Å². The zero-order chi connectivity index (χ0) is 13.2. The molecule has 1 heterocycles. The summed E-state index contributed by atoms with van der Waals surface area (Å²) in [6, 6.07) is 0.514. The normalized spacial score (nSPS) is 10.6. The number of alkyl halides is 2. The summed E-state index contributed by atoms with van der Waals surface area (Å²) in [6.45, 7) is 0. The summed E-state index contributed by atoms with van der Waals surface area (Å²) in [4.78, 5) is 22.3. The first kappa shape index (κ1) is 12.9. The zero-order valence-corrected chi connectivity index (χ0v) is 8.06. The number of aromatic nitrogens is 1. The minimum absolute atomic E-state index is 0.514. The number of carboxylic acids is 1. The van der Waals surface area contributed by atoms with Gasteiger partial charge in [0, 0.05) is 5.56 Å². The van der Waals surface area contributed by atoms with Gasteiger partial charge in [-0.25, -0.2) is 13.8 Å². The lowest BCUT2D eigenvalue weighted by molar-refractivity contribution is -0.388. The Balaban J connectivity index is 3.38. The van der Waals surface area contributed by atoms with E-state index in [-0.39, 0.29) is 0 Å². The van der Waals surface area contributed by atoms with Gasteiger partial charge in [0.25, 0.3) is 12.4 Å². The van der Waals surface area contributed by atoms with Gasteiger partial charge in [-0.05, 0) is 6.07 Å². The van der Waals surface area contributed by atoms with Crippen LogP contribution in [0.4, 0.5) is 18.9 Å². The van der Waals surface area contributed by atoms with Crippen molar-refractivity contribution >= 4 is 11.7 Å². The van der Waals surface area contributed by atoms with Crippen LogP contribution in [-0.4, -0.2) is 21.0 Å². The maximum Gasteiger partial charge on any atom is 0.327 e. The van der Waals surface area contributed by atoms with Gasteiger partial charge in [-0.2, -0.15) is 4.39 Å². The molecule has 0 aromatic carbocycles. The van der Waals surface area contributed by atoms with Gasteiger partial charge < -0.3 is 5.11 Å². The standard InChI is InChI=1S/C8H5F3N2O4/c9-7(10)4-1-3(2-5(14)15)6(13(16)17)8(11)12-4/h1,7H,2H2,(H,14,15). The molecule has 1 rings (SSSR count). The Hall–Kier alpha value is -2.19. The summed E-state index contributed by atoms with van der Waals surface area (Å²) in [5.41, 5.74) is -2.88. The molecule has 1 aromatic heterocycles. The first-order valence-corrected chi connectivity index (χ1v) is 4.16. The van der Waals surface area contributed by atoms with Crippen LogP contribution in [0.25, 0.3) is 0 Å². The summed E-state index contributed by atoms with van der Waals surface area (Å²) in [5, 5.41) is 18.9. The third-order valence-corrected chi connectivity index (χ3v) is 1.80. The third-order valence-electron chi connectivity index (χ3n) is 1.80. The molecule has 9 heteroatoms. The van der Waals surface area contributed by atoms with Crippen LogP contribution in [0.1, 0.15) is 17.7 Å². The molecule has 0 aliphatic carbocycles. The summed E-state index contributed by atoms with van der Waals surface area (Å²) in [7, 11) is 0. The summed E-state index contributed by atoms with van der Waals surface area (Å²) < 4.78 is 37.6. The van der Waals surface area contributed by atoms with E-state index < -0.39 is 46.6 Å². The molecule has 0 spiro atoms. The van der Waals surface area contributed by atoms with Crippen LogP contribution in [0.2, 0.25) is 0 Å². The maximum absolute atomic E-state index is 13.1. The monoisotopic (exact) mass is 250 g/mol. The number of aliphatic carboxylic acids is 1. The van der Waals surface area contributed by atoms with E-state index >= 15 is 0 Å². The van der Waals surface area contributed by atoms with Crippen molar-refractivity contribution in [2.24, 2.45) is 0 Å². The molecule has 0 saturated heterocycles. The largest absolute Gasteiger partial charge is 0.481 e. The number of carbonyl (C=O) groups is 1. The number of halogens is 3. The zero-order valence-electron chi connectivity index (χ0n) is 8.06. The van der Waals surface area contributed by atoms with Crippen molar-refractivity contribution in [1.29, 1.82) is 0 Å². The minimum Gasteiger partial charge on any atom is -0.481 e. The Labute approximate surface area is 91.9 Å². The number of carboxylic acid groups (broad SMARTS) is 1. The Kier molecular flexibility index (Phi) is 3.61. The second-order valence-electron chi connectivity index (χ2n) is 2.97. The third kappa shape index (κ3) is 2.89. The van der Waals surface area contributed by atoms with Gasteiger partial charge in [0.1, 0.15) is 5.69 Å². The highest BCUT2D eigenvalue weighted by Gasteiger charge is 2.26. The molecule has 92 valence electrons. The van der Waals surface area contributed by atoms with E-state index in [1.165, 1.54) is 0 Å². The van der Waals surface area contributed by atoms with Crippen molar-refractivity contribution in [1.82, 2.24) is 4.98 Å². The van der Waals surface area contributed by atoms with E-state index in [1.54, 1.807) is 0 Å². The fraction of sp³-hybridized carbons (Fsp3) is 0.250. The fourth-order valence-corrected chi connectivity index (χ4v) is 1.18. The van der Waals surface area contributed by atoms with Crippen LogP contribution >= 0.6 is 0 Å². The van der Waals surface area contributed by atoms with E-state index in [9.17, 15) is 28.1 Å². The predicted octanol–water partition coefficient (Wildman–Crippen LogP) is 1.69. The Morgan fingerprint density at radius 3 is 2.59 bits per heavy atom. The highest BCUT2D eigenvalue weighted by Crippen LogP contribution is 2.26. The van der Waals surface area contributed by atoms with Crippen molar-refractivity contribution in [2.75, 3.05) is 0 Å². The topological polar surface area (TPSA) is 93.3 Å². The maximum atomic E-state index is 13.1. The van der Waals surface area contributed by atoms with E-state index in [0.29, 0.717) is 6.07 Å². The van der Waals surface area contributed by atoms with Gasteiger partial charge in [0.15, 0.2) is 0 Å². The lowest BCUT2D eigenvalue weighted by Gasteiger charge is -2.04. The average Bonchev–Trinajstić information content (AvgIpc) is 2.14. The van der Waals surface area contributed by atoms with Crippen LogP contribution in [0.15, 0.2) is 6.07 Å². The van der Waals surface area contributed by atoms with Crippen molar-refractivity contribution in [3.05, 3.63) is 33.4 Å². The minimum atomic E-state index is -3.14. The number of hydrogen-bond donors (Lipinski definition) is 1. The molecule has 0 aliphatic heterocycles. The van der Waals surface area contributed by atoms with E-state index in [1.807, 2.05) is 0 Å². The molecule has 1 aromatic rings. The van der Waals surface area contributed by atoms with Crippen molar-refractivity contribution in [2.45, 2.75) is 12.8 Å². The Bertz CT molecular complexity index is 478. The molecule has 0 saturated carbocycles. The molecule has 0 aliphatic rings. The van der Waals surface area contributed by atoms with Crippen LogP contribution in [0.3, 0.4) is 0 Å². The van der Waals surface area contributed by atoms with Crippen LogP contribution < -0.4 is 0 Å². The molecular formula is C8H5F3N2O4. The van der Waals surface area contributed by atoms with Gasteiger partial charge in [-0.15, -0.1) is 0 Å². The highest BCUT2D eigenvalue weighted by atomic mass is 19.3. The van der Waals surface area contributed by atoms with Crippen LogP contribution in [0.5, 0.6) is 0 Å². The van der Waals surface area contributed by atoms with Gasteiger partial charge in [0.05, 0.1) is 11.3 Å². The first-order valence-electron chi connectivity index (χ1n) is 4.16. The SMILES string of the molecule is O=C(O)Cc1cc(C(F)F)nc(F)c1[N+](=O)[O-]. The fourth-order valence-electron chi connectivity index (χ4n) is 1.18. The lowest BCUT2D eigenvalue weighted by atomic mass is 10.1. The molecule has 6 nitrogen and oxygen atoms in total. The molecule has 0 atom stereocenters. The summed E-state index contributed by atoms with van der Waals surface area (Å²) >= 11 is 0. The van der Waals surface area contributed by atoms with Crippen LogP contribution in [-0.2, 0) is 11.2 Å². The van der Waals surface area contributed by atoms with E-state index in [2.05, 4.69) is 4.98 Å². The summed E-state index contributed by atoms with van der Waals surface area (Å²) in [6.07, 6.45) is -4.08. The molecule has 0 bridgehead atoms. The molecule has 17 heavy (non-hydrogen) atoms. The number of nitrogens with zero attached hydrogens (tertiary/aromatic N) is 2. The number of pyridine rings is 1. The second kappa shape index (κ2) is 4.76. The van der Waals surface area contributed by atoms with E-state index in [0.717, 1.165) is 0 Å². The van der Waals surface area contributed by atoms with E-state index in [4.69, 9.17) is 5.11 Å². The molecule has 0 fully saturated rings. The quantitative estimate of drug-likeness (QED) is 0.498. The highest BCUT2D eigenvalue weighted by molar-refractivity contribution is 5.72. The molecule has 1 N–H and O–H groups in total. The smallest absolute Gasteiger partial charge is 0.327 e. The van der Waals surface area contributed by atoms with Crippen LogP contribution in [0, 0.1) is 16.1 Å². The second-order valence-corrected chi connectivity index (χ2v) is 2.97. The molecular weight excluding hydrogens is 245 g/mol.